The highest BCUT2D eigenvalue weighted by Crippen LogP contribution is 2.46. The zero-order chi connectivity index (χ0) is 33.2. The van der Waals surface area contributed by atoms with Gasteiger partial charge in [0.15, 0.2) is 0 Å². The fourth-order valence-corrected chi connectivity index (χ4v) is 12.1. The van der Waals surface area contributed by atoms with E-state index in [4.69, 9.17) is 0 Å². The molecule has 0 aromatic rings. The van der Waals surface area contributed by atoms with E-state index in [2.05, 4.69) is 42.5 Å². The molecule has 48 heavy (non-hydrogen) atoms. The van der Waals surface area contributed by atoms with E-state index < -0.39 is 97.2 Å². The van der Waals surface area contributed by atoms with Crippen LogP contribution >= 0.6 is 0 Å². The molecule has 8 bridgehead atoms. The van der Waals surface area contributed by atoms with Gasteiger partial charge in [-0.25, -0.2) is 0 Å². The second-order valence-corrected chi connectivity index (χ2v) is 16.6. The minimum atomic E-state index is -1.57. The minimum Gasteiger partial charge on any atom is -0.390 e. The lowest BCUT2D eigenvalue weighted by molar-refractivity contribution is -0.187. The summed E-state index contributed by atoms with van der Waals surface area (Å²) in [4.78, 5) is 0. The summed E-state index contributed by atoms with van der Waals surface area (Å²) in [5.41, 5.74) is 0. The highest BCUT2D eigenvalue weighted by atomic mass is 16.4. The van der Waals surface area contributed by atoms with Crippen molar-refractivity contribution in [2.24, 2.45) is 47.3 Å². The van der Waals surface area contributed by atoms with Crippen LogP contribution < -0.4 is 42.5 Å². The van der Waals surface area contributed by atoms with Gasteiger partial charge < -0.3 is 40.9 Å². The summed E-state index contributed by atoms with van der Waals surface area (Å²) in [5.74, 6) is -1.36. The Bertz CT molecular complexity index is 1110. The third-order valence-corrected chi connectivity index (χ3v) is 14.4. The molecule has 0 aromatic heterocycles. The molecule has 0 spiro atoms. The molecule has 4 saturated carbocycles. The summed E-state index contributed by atoms with van der Waals surface area (Å²) >= 11 is 0. The Balaban J connectivity index is 1.10. The summed E-state index contributed by atoms with van der Waals surface area (Å²) < 4.78 is 0. The molecule has 5 saturated heterocycles. The highest BCUT2D eigenvalue weighted by Gasteiger charge is 2.63. The first-order valence-corrected chi connectivity index (χ1v) is 18.7. The van der Waals surface area contributed by atoms with E-state index in [0.717, 1.165) is 38.5 Å². The fraction of sp³-hybridized carbons (Fsp3) is 1.00. The quantitative estimate of drug-likeness (QED) is 0.114. The van der Waals surface area contributed by atoms with Gasteiger partial charge >= 0.3 is 0 Å². The first-order chi connectivity index (χ1) is 23.1. The molecule has 9 fully saturated rings. The molecule has 24 unspecified atom stereocenters. The average molecular weight is 681 g/mol. The van der Waals surface area contributed by atoms with Crippen LogP contribution in [-0.4, -0.2) is 139 Å². The standard InChI is InChI=1S/C32H56N8O8/c41-17-13-15(19(43)23(47)21(17)45)31-38-29(13)36-27-11-7-3-1-5-9(11)25(34-27)33-26-10-6-2-4-8-12(10)28(35-26)37-30-14-16(32(39-30)40-31)20(44)24(48)22(46)18(14)42/h9-48H,1-8H2. The van der Waals surface area contributed by atoms with Crippen molar-refractivity contribution in [1.82, 2.24) is 42.5 Å². The van der Waals surface area contributed by atoms with Gasteiger partial charge in [0.05, 0.1) is 73.7 Å². The van der Waals surface area contributed by atoms with Crippen LogP contribution in [0.15, 0.2) is 0 Å². The van der Waals surface area contributed by atoms with Crippen molar-refractivity contribution >= 4 is 0 Å². The van der Waals surface area contributed by atoms with Crippen molar-refractivity contribution < 1.29 is 40.9 Å². The van der Waals surface area contributed by atoms with Crippen LogP contribution in [0.3, 0.4) is 0 Å². The number of rotatable bonds is 0. The van der Waals surface area contributed by atoms with Crippen LogP contribution in [-0.2, 0) is 0 Å². The van der Waals surface area contributed by atoms with Gasteiger partial charge in [0.2, 0.25) is 0 Å². The Morgan fingerprint density at radius 3 is 0.667 bits per heavy atom. The molecule has 9 rings (SSSR count). The number of hydrogen-bond donors (Lipinski definition) is 16. The predicted molar refractivity (Wildman–Crippen MR) is 168 cm³/mol. The second kappa shape index (κ2) is 12.5. The lowest BCUT2D eigenvalue weighted by Gasteiger charge is -2.45. The van der Waals surface area contributed by atoms with Crippen LogP contribution in [0.1, 0.15) is 51.4 Å². The molecule has 16 N–H and O–H groups in total. The van der Waals surface area contributed by atoms with Crippen LogP contribution in [0.25, 0.3) is 0 Å². The summed E-state index contributed by atoms with van der Waals surface area (Å²) in [5, 5.41) is 119. The van der Waals surface area contributed by atoms with E-state index in [1.165, 1.54) is 12.8 Å². The van der Waals surface area contributed by atoms with Crippen molar-refractivity contribution in [3.05, 3.63) is 0 Å². The van der Waals surface area contributed by atoms with Gasteiger partial charge in [-0.15, -0.1) is 0 Å². The average Bonchev–Trinajstić information content (AvgIpc) is 3.83. The maximum absolute atomic E-state index is 11.4. The Hall–Kier alpha value is -0.640. The Morgan fingerprint density at radius 2 is 0.438 bits per heavy atom. The molecular weight excluding hydrogens is 624 g/mol. The summed E-state index contributed by atoms with van der Waals surface area (Å²) in [6.45, 7) is 0. The van der Waals surface area contributed by atoms with Crippen LogP contribution in [0.5, 0.6) is 0 Å². The Morgan fingerprint density at radius 1 is 0.250 bits per heavy atom. The maximum atomic E-state index is 11.4. The van der Waals surface area contributed by atoms with E-state index in [9.17, 15) is 40.9 Å². The maximum Gasteiger partial charge on any atom is 0.109 e. The predicted octanol–water partition coefficient (Wildman–Crippen LogP) is -5.63. The molecule has 0 radical (unpaired) electrons. The Labute approximate surface area is 280 Å². The molecule has 5 aliphatic heterocycles. The smallest absolute Gasteiger partial charge is 0.109 e. The molecule has 0 aromatic carbocycles. The fourth-order valence-electron chi connectivity index (χ4n) is 12.1. The summed E-state index contributed by atoms with van der Waals surface area (Å²) in [6.07, 6.45) is -5.30. The van der Waals surface area contributed by atoms with Gasteiger partial charge in [0.25, 0.3) is 0 Å². The summed E-state index contributed by atoms with van der Waals surface area (Å²) in [6, 6.07) is 0. The molecule has 4 aliphatic carbocycles. The van der Waals surface area contributed by atoms with E-state index in [1.807, 2.05) is 0 Å². The van der Waals surface area contributed by atoms with Crippen molar-refractivity contribution in [3.63, 3.8) is 0 Å². The van der Waals surface area contributed by atoms with E-state index in [-0.39, 0.29) is 24.7 Å². The van der Waals surface area contributed by atoms with Gasteiger partial charge in [0, 0.05) is 23.7 Å². The molecule has 24 atom stereocenters. The number of nitrogens with one attached hydrogen (secondary N) is 8. The third kappa shape index (κ3) is 5.02. The van der Waals surface area contributed by atoms with Crippen LogP contribution in [0.4, 0.5) is 0 Å². The highest BCUT2D eigenvalue weighted by molar-refractivity contribution is 5.15. The number of fused-ring (bicyclic) bond motifs is 20. The lowest BCUT2D eigenvalue weighted by atomic mass is 9.71. The molecule has 9 aliphatic rings. The normalized spacial score (nSPS) is 62.5. The molecular formula is C32H56N8O8. The molecule has 0 amide bonds. The second-order valence-electron chi connectivity index (χ2n) is 16.6. The van der Waals surface area contributed by atoms with E-state index >= 15 is 0 Å². The van der Waals surface area contributed by atoms with Crippen LogP contribution in [0, 0.1) is 47.3 Å². The lowest BCUT2D eigenvalue weighted by Crippen LogP contribution is -2.65. The van der Waals surface area contributed by atoms with Crippen molar-refractivity contribution in [1.29, 1.82) is 0 Å². The van der Waals surface area contributed by atoms with Gasteiger partial charge in [-0.1, -0.05) is 25.7 Å². The third-order valence-electron chi connectivity index (χ3n) is 14.4. The number of hydrogen-bond acceptors (Lipinski definition) is 16. The topological polar surface area (TPSA) is 258 Å². The van der Waals surface area contributed by atoms with Crippen molar-refractivity contribution in [2.45, 2.75) is 150 Å². The monoisotopic (exact) mass is 680 g/mol. The SMILES string of the molecule is OC1C(O)C(O)C2C3NC(NC4NC(NC5NC(NC6NC(N3)C3C(O)C(O)C(O)C(O)C63)C3CCCCC53)C3CCCCC43)C2C1O. The largest absolute Gasteiger partial charge is 0.390 e. The minimum absolute atomic E-state index is 0.0465. The zero-order valence-corrected chi connectivity index (χ0v) is 27.1. The zero-order valence-electron chi connectivity index (χ0n) is 27.1. The molecule has 272 valence electrons. The molecule has 16 nitrogen and oxygen atoms in total. The van der Waals surface area contributed by atoms with Crippen LogP contribution in [0.2, 0.25) is 0 Å². The van der Waals surface area contributed by atoms with E-state index in [0.29, 0.717) is 23.7 Å². The summed E-state index contributed by atoms with van der Waals surface area (Å²) in [7, 11) is 0. The van der Waals surface area contributed by atoms with Gasteiger partial charge in [-0.2, -0.15) is 0 Å². The molecule has 5 heterocycles. The number of aliphatic hydroxyl groups is 8. The van der Waals surface area contributed by atoms with Crippen molar-refractivity contribution in [3.8, 4) is 0 Å². The van der Waals surface area contributed by atoms with Crippen molar-refractivity contribution in [2.75, 3.05) is 0 Å². The first kappa shape index (κ1) is 33.2. The first-order valence-electron chi connectivity index (χ1n) is 18.7. The number of aliphatic hydroxyl groups excluding tert-OH is 8. The molecule has 16 heteroatoms. The van der Waals surface area contributed by atoms with E-state index in [1.54, 1.807) is 0 Å². The van der Waals surface area contributed by atoms with Gasteiger partial charge in [-0.05, 0) is 49.4 Å². The van der Waals surface area contributed by atoms with Gasteiger partial charge in [0.1, 0.15) is 24.4 Å². The van der Waals surface area contributed by atoms with Gasteiger partial charge in [-0.3, -0.25) is 42.5 Å². The Kier molecular flexibility index (Phi) is 8.65.